The molecule has 0 saturated carbocycles. The molecule has 3 rings (SSSR count). The molecule has 0 radical (unpaired) electrons. The molecule has 0 saturated heterocycles. The summed E-state index contributed by atoms with van der Waals surface area (Å²) in [6.45, 7) is 0. The van der Waals surface area contributed by atoms with Crippen molar-refractivity contribution in [3.05, 3.63) is 82.2 Å². The largest absolute Gasteiger partial charge is 0.415 e. The van der Waals surface area contributed by atoms with Crippen molar-refractivity contribution < 1.29 is 18.8 Å². The first kappa shape index (κ1) is 14.6. The van der Waals surface area contributed by atoms with E-state index in [-0.39, 0.29) is 5.56 Å². The van der Waals surface area contributed by atoms with E-state index in [1.165, 1.54) is 0 Å². The third-order valence-corrected chi connectivity index (χ3v) is 3.31. The molecule has 3 aromatic rings. The van der Waals surface area contributed by atoms with Crippen LogP contribution in [0.15, 0.2) is 60.7 Å². The lowest BCUT2D eigenvalue weighted by Gasteiger charge is -2.06. The number of hydrogen-bond donors (Lipinski definition) is 0. The number of benzene rings is 3. The summed E-state index contributed by atoms with van der Waals surface area (Å²) >= 11 is 0. The molecule has 6 heteroatoms. The summed E-state index contributed by atoms with van der Waals surface area (Å²) in [5.74, 6) is -1.94. The number of halogens is 1. The van der Waals surface area contributed by atoms with E-state index >= 15 is 0 Å². The number of nitrogens with zero attached hydrogens (tertiary/aromatic N) is 1. The minimum atomic E-state index is -0.788. The number of esters is 1. The van der Waals surface area contributed by atoms with Crippen molar-refractivity contribution in [2.24, 2.45) is 0 Å². The zero-order valence-corrected chi connectivity index (χ0v) is 11.7. The van der Waals surface area contributed by atoms with Crippen molar-refractivity contribution in [3.63, 3.8) is 0 Å². The minimum Gasteiger partial charge on any atom is -0.415 e. The lowest BCUT2D eigenvalue weighted by Crippen LogP contribution is -2.10. The molecule has 5 nitrogen and oxygen atoms in total. The van der Waals surface area contributed by atoms with Gasteiger partial charge in [-0.25, -0.2) is 9.18 Å². The van der Waals surface area contributed by atoms with E-state index < -0.39 is 28.1 Å². The monoisotopic (exact) mass is 311 g/mol. The summed E-state index contributed by atoms with van der Waals surface area (Å²) in [6.07, 6.45) is 0. The van der Waals surface area contributed by atoms with Crippen LogP contribution in [0.4, 0.5) is 10.1 Å². The molecule has 0 aliphatic heterocycles. The number of rotatable bonds is 3. The second-order valence-electron chi connectivity index (χ2n) is 4.82. The van der Waals surface area contributed by atoms with Gasteiger partial charge in [0.15, 0.2) is 0 Å². The number of hydrogen-bond acceptors (Lipinski definition) is 4. The average molecular weight is 311 g/mol. The van der Waals surface area contributed by atoms with Crippen LogP contribution in [-0.2, 0) is 0 Å². The molecule has 0 aromatic heterocycles. The SMILES string of the molecule is O=C(Oc1cc(F)ccc1[N+](=O)[O-])c1ccc2ccccc2c1. The highest BCUT2D eigenvalue weighted by molar-refractivity contribution is 5.96. The molecule has 0 N–H and O–H groups in total. The normalized spacial score (nSPS) is 10.5. The lowest BCUT2D eigenvalue weighted by molar-refractivity contribution is -0.385. The second kappa shape index (κ2) is 5.84. The molecule has 114 valence electrons. The van der Waals surface area contributed by atoms with Crippen LogP contribution in [0.5, 0.6) is 5.75 Å². The fourth-order valence-electron chi connectivity index (χ4n) is 2.20. The molecule has 0 heterocycles. The summed E-state index contributed by atoms with van der Waals surface area (Å²) in [6, 6.07) is 15.0. The number of fused-ring (bicyclic) bond motifs is 1. The standard InChI is InChI=1S/C17H10FNO4/c18-14-7-8-15(19(21)22)16(10-14)23-17(20)13-6-5-11-3-1-2-4-12(11)9-13/h1-10H. The van der Waals surface area contributed by atoms with Crippen LogP contribution >= 0.6 is 0 Å². The quantitative estimate of drug-likeness (QED) is 0.316. The van der Waals surface area contributed by atoms with Crippen LogP contribution in [0.2, 0.25) is 0 Å². The van der Waals surface area contributed by atoms with Gasteiger partial charge in [0, 0.05) is 12.1 Å². The van der Waals surface area contributed by atoms with Crippen LogP contribution in [0.25, 0.3) is 10.8 Å². The van der Waals surface area contributed by atoms with Gasteiger partial charge in [0.25, 0.3) is 0 Å². The van der Waals surface area contributed by atoms with Crippen LogP contribution in [0, 0.1) is 15.9 Å². The smallest absolute Gasteiger partial charge is 0.343 e. The number of nitro benzene ring substituents is 1. The zero-order valence-electron chi connectivity index (χ0n) is 11.7. The first-order valence-corrected chi connectivity index (χ1v) is 6.69. The van der Waals surface area contributed by atoms with Gasteiger partial charge in [-0.15, -0.1) is 0 Å². The summed E-state index contributed by atoms with van der Waals surface area (Å²) in [5, 5.41) is 12.7. The predicted molar refractivity (Wildman–Crippen MR) is 82.0 cm³/mol. The Morgan fingerprint density at radius 2 is 1.74 bits per heavy atom. The fourth-order valence-corrected chi connectivity index (χ4v) is 2.20. The lowest BCUT2D eigenvalue weighted by atomic mass is 10.1. The summed E-state index contributed by atoms with van der Waals surface area (Å²) in [7, 11) is 0. The molecule has 0 amide bonds. The number of ether oxygens (including phenoxy) is 1. The maximum atomic E-state index is 13.3. The molecule has 0 bridgehead atoms. The van der Waals surface area contributed by atoms with Crippen LogP contribution in [0.1, 0.15) is 10.4 Å². The van der Waals surface area contributed by atoms with E-state index in [1.807, 2.05) is 24.3 Å². The van der Waals surface area contributed by atoms with E-state index in [1.54, 1.807) is 18.2 Å². The molecule has 0 spiro atoms. The zero-order chi connectivity index (χ0) is 16.4. The Kier molecular flexibility index (Phi) is 3.72. The molecular weight excluding hydrogens is 301 g/mol. The van der Waals surface area contributed by atoms with Crippen molar-refractivity contribution >= 4 is 22.4 Å². The van der Waals surface area contributed by atoms with E-state index in [0.29, 0.717) is 0 Å². The summed E-state index contributed by atoms with van der Waals surface area (Å²) in [4.78, 5) is 22.4. The minimum absolute atomic E-state index is 0.224. The third kappa shape index (κ3) is 3.01. The second-order valence-corrected chi connectivity index (χ2v) is 4.82. The molecule has 0 atom stereocenters. The van der Waals surface area contributed by atoms with Gasteiger partial charge in [0.2, 0.25) is 5.75 Å². The number of nitro groups is 1. The van der Waals surface area contributed by atoms with Gasteiger partial charge in [0.1, 0.15) is 5.82 Å². The topological polar surface area (TPSA) is 69.4 Å². The van der Waals surface area contributed by atoms with Gasteiger partial charge in [-0.3, -0.25) is 10.1 Å². The first-order chi connectivity index (χ1) is 11.0. The Bertz CT molecular complexity index is 923. The van der Waals surface area contributed by atoms with Crippen molar-refractivity contribution in [1.82, 2.24) is 0 Å². The van der Waals surface area contributed by atoms with Gasteiger partial charge in [0.05, 0.1) is 10.5 Å². The highest BCUT2D eigenvalue weighted by atomic mass is 19.1. The van der Waals surface area contributed by atoms with Crippen molar-refractivity contribution in [1.29, 1.82) is 0 Å². The highest BCUT2D eigenvalue weighted by Crippen LogP contribution is 2.28. The van der Waals surface area contributed by atoms with Gasteiger partial charge < -0.3 is 4.74 Å². The summed E-state index contributed by atoms with van der Waals surface area (Å²) in [5.41, 5.74) is -0.247. The molecule has 0 unspecified atom stereocenters. The molecule has 23 heavy (non-hydrogen) atoms. The van der Waals surface area contributed by atoms with Crippen molar-refractivity contribution in [2.45, 2.75) is 0 Å². The maximum absolute atomic E-state index is 13.3. The highest BCUT2D eigenvalue weighted by Gasteiger charge is 2.20. The van der Waals surface area contributed by atoms with Crippen LogP contribution < -0.4 is 4.74 Å². The Labute approximate surface area is 130 Å². The van der Waals surface area contributed by atoms with Gasteiger partial charge in [-0.2, -0.15) is 0 Å². The Morgan fingerprint density at radius 3 is 2.48 bits per heavy atom. The maximum Gasteiger partial charge on any atom is 0.343 e. The molecule has 0 aliphatic carbocycles. The van der Waals surface area contributed by atoms with E-state index in [9.17, 15) is 19.3 Å². The van der Waals surface area contributed by atoms with Crippen LogP contribution in [0.3, 0.4) is 0 Å². The Morgan fingerprint density at radius 1 is 1.00 bits per heavy atom. The van der Waals surface area contributed by atoms with Gasteiger partial charge >= 0.3 is 11.7 Å². The van der Waals surface area contributed by atoms with Crippen molar-refractivity contribution in [2.75, 3.05) is 0 Å². The van der Waals surface area contributed by atoms with Crippen molar-refractivity contribution in [3.8, 4) is 5.75 Å². The number of carbonyl (C=O) groups is 1. The average Bonchev–Trinajstić information content (AvgIpc) is 2.54. The first-order valence-electron chi connectivity index (χ1n) is 6.69. The Hall–Kier alpha value is -3.28. The molecule has 0 fully saturated rings. The fraction of sp³-hybridized carbons (Fsp3) is 0. The number of carbonyl (C=O) groups excluding carboxylic acids is 1. The third-order valence-electron chi connectivity index (χ3n) is 3.31. The van der Waals surface area contributed by atoms with Gasteiger partial charge in [-0.1, -0.05) is 30.3 Å². The molecular formula is C17H10FNO4. The Balaban J connectivity index is 1.94. The van der Waals surface area contributed by atoms with E-state index in [2.05, 4.69) is 0 Å². The van der Waals surface area contributed by atoms with Gasteiger partial charge in [-0.05, 0) is 29.0 Å². The van der Waals surface area contributed by atoms with Crippen LogP contribution in [-0.4, -0.2) is 10.9 Å². The van der Waals surface area contributed by atoms with E-state index in [0.717, 1.165) is 29.0 Å². The molecule has 3 aromatic carbocycles. The summed E-state index contributed by atoms with van der Waals surface area (Å²) < 4.78 is 18.3. The predicted octanol–water partition coefficient (Wildman–Crippen LogP) is 4.11. The van der Waals surface area contributed by atoms with E-state index in [4.69, 9.17) is 4.74 Å². The molecule has 0 aliphatic rings.